The number of nitrogens with zero attached hydrogens (tertiary/aromatic N) is 3. The van der Waals surface area contributed by atoms with E-state index in [0.29, 0.717) is 18.0 Å². The van der Waals surface area contributed by atoms with Crippen LogP contribution in [0.3, 0.4) is 0 Å². The molecule has 0 aliphatic carbocycles. The second-order valence-corrected chi connectivity index (χ2v) is 7.80. The van der Waals surface area contributed by atoms with Gasteiger partial charge in [-0.15, -0.1) is 10.2 Å². The number of rotatable bonds is 4. The molecule has 1 unspecified atom stereocenters. The molecule has 1 saturated heterocycles. The Morgan fingerprint density at radius 1 is 1.14 bits per heavy atom. The van der Waals surface area contributed by atoms with E-state index in [1.807, 2.05) is 38.1 Å². The van der Waals surface area contributed by atoms with Crippen molar-refractivity contribution in [2.75, 3.05) is 23.3 Å². The third kappa shape index (κ3) is 4.16. The van der Waals surface area contributed by atoms with Crippen molar-refractivity contribution < 1.29 is 9.21 Å². The molecule has 3 heterocycles. The maximum absolute atomic E-state index is 13.0. The Bertz CT molecular complexity index is 973. The number of piperidine rings is 1. The zero-order chi connectivity index (χ0) is 20.4. The van der Waals surface area contributed by atoms with E-state index in [1.165, 1.54) is 5.56 Å². The molecule has 150 valence electrons. The minimum Gasteiger partial charge on any atom is -0.463 e. The van der Waals surface area contributed by atoms with Crippen LogP contribution in [0.15, 0.2) is 47.1 Å². The fourth-order valence-corrected chi connectivity index (χ4v) is 4.05. The molecule has 6 nitrogen and oxygen atoms in total. The van der Waals surface area contributed by atoms with E-state index in [1.54, 1.807) is 6.26 Å². The number of furan rings is 1. The van der Waals surface area contributed by atoms with Gasteiger partial charge in [-0.1, -0.05) is 17.7 Å². The molecule has 0 saturated carbocycles. The van der Waals surface area contributed by atoms with Gasteiger partial charge in [0.1, 0.15) is 5.69 Å². The normalized spacial score (nSPS) is 16.7. The van der Waals surface area contributed by atoms with Crippen molar-refractivity contribution in [1.29, 1.82) is 0 Å². The van der Waals surface area contributed by atoms with Crippen molar-refractivity contribution in [2.45, 2.75) is 33.6 Å². The van der Waals surface area contributed by atoms with Gasteiger partial charge in [-0.25, -0.2) is 0 Å². The summed E-state index contributed by atoms with van der Waals surface area (Å²) < 4.78 is 5.37. The smallest absolute Gasteiger partial charge is 0.229 e. The second-order valence-electron chi connectivity index (χ2n) is 7.80. The number of nitrogens with one attached hydrogen (secondary N) is 1. The van der Waals surface area contributed by atoms with Crippen LogP contribution in [0.5, 0.6) is 0 Å². The number of aryl methyl sites for hydroxylation is 3. The van der Waals surface area contributed by atoms with E-state index in [0.717, 1.165) is 42.0 Å². The Kier molecular flexibility index (Phi) is 5.34. The summed E-state index contributed by atoms with van der Waals surface area (Å²) in [6, 6.07) is 11.7. The molecule has 1 aliphatic rings. The average Bonchev–Trinajstić information content (AvgIpc) is 3.25. The highest BCUT2D eigenvalue weighted by Crippen LogP contribution is 2.26. The third-order valence-electron chi connectivity index (χ3n) is 5.47. The Morgan fingerprint density at radius 3 is 2.59 bits per heavy atom. The maximum Gasteiger partial charge on any atom is 0.229 e. The number of carbonyl (C=O) groups is 1. The minimum atomic E-state index is -0.0737. The summed E-state index contributed by atoms with van der Waals surface area (Å²) in [5.74, 6) is 1.49. The van der Waals surface area contributed by atoms with Gasteiger partial charge in [0.05, 0.1) is 12.2 Å². The lowest BCUT2D eigenvalue weighted by atomic mass is 9.96. The lowest BCUT2D eigenvalue weighted by molar-refractivity contribution is -0.120. The summed E-state index contributed by atoms with van der Waals surface area (Å²) in [6.45, 7) is 7.67. The van der Waals surface area contributed by atoms with Crippen LogP contribution < -0.4 is 10.2 Å². The molecule has 2 aromatic heterocycles. The molecule has 1 fully saturated rings. The molecule has 0 bridgehead atoms. The highest BCUT2D eigenvalue weighted by Gasteiger charge is 2.27. The molecule has 29 heavy (non-hydrogen) atoms. The van der Waals surface area contributed by atoms with Crippen molar-refractivity contribution in [2.24, 2.45) is 5.92 Å². The van der Waals surface area contributed by atoms with E-state index in [4.69, 9.17) is 4.42 Å². The van der Waals surface area contributed by atoms with Gasteiger partial charge in [-0.05, 0) is 69.0 Å². The topological polar surface area (TPSA) is 71.3 Å². The Hall–Kier alpha value is -3.15. The summed E-state index contributed by atoms with van der Waals surface area (Å²) in [6.07, 6.45) is 3.45. The second kappa shape index (κ2) is 8.07. The van der Waals surface area contributed by atoms with Crippen LogP contribution in [0.1, 0.15) is 29.5 Å². The molecule has 1 atom stereocenters. The van der Waals surface area contributed by atoms with Crippen molar-refractivity contribution in [3.8, 4) is 11.5 Å². The Morgan fingerprint density at radius 2 is 1.93 bits per heavy atom. The molecule has 6 heteroatoms. The van der Waals surface area contributed by atoms with E-state index >= 15 is 0 Å². The number of aromatic nitrogens is 2. The lowest BCUT2D eigenvalue weighted by Crippen LogP contribution is -2.41. The first-order valence-corrected chi connectivity index (χ1v) is 10.0. The predicted molar refractivity (Wildman–Crippen MR) is 114 cm³/mol. The molecule has 1 aromatic carbocycles. The zero-order valence-corrected chi connectivity index (χ0v) is 17.1. The van der Waals surface area contributed by atoms with Crippen LogP contribution in [0.2, 0.25) is 0 Å². The van der Waals surface area contributed by atoms with E-state index in [-0.39, 0.29) is 11.8 Å². The van der Waals surface area contributed by atoms with Gasteiger partial charge in [0.15, 0.2) is 11.6 Å². The predicted octanol–water partition coefficient (Wildman–Crippen LogP) is 4.52. The van der Waals surface area contributed by atoms with Crippen LogP contribution in [-0.4, -0.2) is 29.2 Å². The van der Waals surface area contributed by atoms with Gasteiger partial charge in [-0.3, -0.25) is 4.79 Å². The minimum absolute atomic E-state index is 0.0737. The molecule has 4 rings (SSSR count). The first kappa shape index (κ1) is 19.2. The molecule has 1 aliphatic heterocycles. The van der Waals surface area contributed by atoms with E-state index < -0.39 is 0 Å². The quantitative estimate of drug-likeness (QED) is 0.709. The number of hydrogen-bond donors (Lipinski definition) is 1. The third-order valence-corrected chi connectivity index (χ3v) is 5.47. The van der Waals surface area contributed by atoms with Crippen LogP contribution in [0, 0.1) is 26.7 Å². The molecule has 1 amide bonds. The molecule has 1 N–H and O–H groups in total. The van der Waals surface area contributed by atoms with Gasteiger partial charge in [0.25, 0.3) is 0 Å². The van der Waals surface area contributed by atoms with Crippen molar-refractivity contribution >= 4 is 17.4 Å². The fourth-order valence-electron chi connectivity index (χ4n) is 4.05. The zero-order valence-electron chi connectivity index (χ0n) is 17.1. The van der Waals surface area contributed by atoms with Crippen LogP contribution in [0.25, 0.3) is 11.5 Å². The summed E-state index contributed by atoms with van der Waals surface area (Å²) in [4.78, 5) is 15.1. The van der Waals surface area contributed by atoms with Gasteiger partial charge < -0.3 is 14.6 Å². The van der Waals surface area contributed by atoms with Crippen molar-refractivity contribution in [1.82, 2.24) is 10.2 Å². The molecular weight excluding hydrogens is 364 g/mol. The molecule has 3 aromatic rings. The monoisotopic (exact) mass is 390 g/mol. The Balaban J connectivity index is 1.45. The number of benzene rings is 1. The molecule has 0 radical (unpaired) electrons. The van der Waals surface area contributed by atoms with Gasteiger partial charge >= 0.3 is 0 Å². The van der Waals surface area contributed by atoms with Crippen LogP contribution in [-0.2, 0) is 4.79 Å². The lowest BCUT2D eigenvalue weighted by Gasteiger charge is -2.32. The summed E-state index contributed by atoms with van der Waals surface area (Å²) in [5, 5.41) is 11.8. The van der Waals surface area contributed by atoms with Crippen LogP contribution in [0.4, 0.5) is 11.5 Å². The van der Waals surface area contributed by atoms with Crippen molar-refractivity contribution in [3.63, 3.8) is 0 Å². The average molecular weight is 390 g/mol. The highest BCUT2D eigenvalue weighted by molar-refractivity contribution is 5.94. The first-order chi connectivity index (χ1) is 14.0. The summed E-state index contributed by atoms with van der Waals surface area (Å²) in [5.41, 5.74) is 5.04. The molecular formula is C23H26N4O2. The van der Waals surface area contributed by atoms with E-state index in [2.05, 4.69) is 39.5 Å². The highest BCUT2D eigenvalue weighted by atomic mass is 16.3. The summed E-state index contributed by atoms with van der Waals surface area (Å²) >= 11 is 0. The number of amides is 1. The number of anilines is 2. The van der Waals surface area contributed by atoms with Gasteiger partial charge in [0, 0.05) is 18.8 Å². The van der Waals surface area contributed by atoms with Gasteiger partial charge in [0.2, 0.25) is 5.91 Å². The number of carbonyl (C=O) groups excluding carboxylic acids is 1. The SMILES string of the molecule is Cc1cc(C)c(NC(=O)C2CCCN(c3ccc(-c4ccco4)nn3)C2)c(C)c1. The maximum atomic E-state index is 13.0. The fraction of sp³-hybridized carbons (Fsp3) is 0.348. The largest absolute Gasteiger partial charge is 0.463 e. The van der Waals surface area contributed by atoms with Gasteiger partial charge in [-0.2, -0.15) is 0 Å². The number of hydrogen-bond acceptors (Lipinski definition) is 5. The van der Waals surface area contributed by atoms with Crippen molar-refractivity contribution in [3.05, 3.63) is 59.4 Å². The Labute approximate surface area is 170 Å². The first-order valence-electron chi connectivity index (χ1n) is 10.0. The standard InChI is InChI=1S/C23H26N4O2/c1-15-12-16(2)22(17(3)13-15)24-23(28)18-6-4-10-27(14-18)21-9-8-19(25-26-21)20-7-5-11-29-20/h5,7-9,11-13,18H,4,6,10,14H2,1-3H3,(H,24,28). The van der Waals surface area contributed by atoms with Crippen LogP contribution >= 0.6 is 0 Å². The summed E-state index contributed by atoms with van der Waals surface area (Å²) in [7, 11) is 0. The van der Waals surface area contributed by atoms with E-state index in [9.17, 15) is 4.79 Å². The molecule has 0 spiro atoms.